The topological polar surface area (TPSA) is 44.5 Å². The van der Waals surface area contributed by atoms with Gasteiger partial charge in [0.15, 0.2) is 11.6 Å². The first-order valence-electron chi connectivity index (χ1n) is 6.67. The summed E-state index contributed by atoms with van der Waals surface area (Å²) in [5.74, 6) is 1.28. The maximum atomic E-state index is 14.3. The lowest BCUT2D eigenvalue weighted by Crippen LogP contribution is -2.36. The lowest BCUT2D eigenvalue weighted by atomic mass is 10.0. The molecule has 2 aromatic carbocycles. The van der Waals surface area contributed by atoms with Gasteiger partial charge in [-0.15, -0.1) is 11.8 Å². The molecule has 110 valence electrons. The molecular formula is C16H16FNO2S. The smallest absolute Gasteiger partial charge is 0.169 e. The number of ether oxygens (including phenoxy) is 2. The van der Waals surface area contributed by atoms with Gasteiger partial charge in [-0.05, 0) is 18.2 Å². The summed E-state index contributed by atoms with van der Waals surface area (Å²) in [5.41, 5.74) is 6.63. The summed E-state index contributed by atoms with van der Waals surface area (Å²) in [6.45, 7) is 0. The number of halogens is 1. The van der Waals surface area contributed by atoms with E-state index in [4.69, 9.17) is 15.2 Å². The number of thioether (sulfide) groups is 1. The molecule has 1 aliphatic heterocycles. The van der Waals surface area contributed by atoms with E-state index in [2.05, 4.69) is 0 Å². The zero-order chi connectivity index (χ0) is 14.8. The van der Waals surface area contributed by atoms with Gasteiger partial charge in [-0.3, -0.25) is 0 Å². The zero-order valence-electron chi connectivity index (χ0n) is 11.6. The Kier molecular flexibility index (Phi) is 4.03. The standard InChI is InChI=1S/C16H16FNO2S/c1-19-12-7-4-5-10(15(12)17)16(18)13-9-21-14-8-3-2-6-11(14)20-13/h2-8,13,16H,9,18H2,1H3. The van der Waals surface area contributed by atoms with Crippen molar-refractivity contribution in [3.05, 3.63) is 53.8 Å². The van der Waals surface area contributed by atoms with Crippen LogP contribution in [0.1, 0.15) is 11.6 Å². The summed E-state index contributed by atoms with van der Waals surface area (Å²) in [6, 6.07) is 12.3. The molecule has 2 atom stereocenters. The fourth-order valence-electron chi connectivity index (χ4n) is 2.36. The number of methoxy groups -OCH3 is 1. The molecule has 0 radical (unpaired) electrons. The Hall–Kier alpha value is -1.72. The molecule has 1 aliphatic rings. The lowest BCUT2D eigenvalue weighted by molar-refractivity contribution is 0.183. The molecular weight excluding hydrogens is 289 g/mol. The van der Waals surface area contributed by atoms with Crippen molar-refractivity contribution in [2.75, 3.05) is 12.9 Å². The number of para-hydroxylation sites is 1. The average Bonchev–Trinajstić information content (AvgIpc) is 2.54. The van der Waals surface area contributed by atoms with Crippen LogP contribution >= 0.6 is 11.8 Å². The van der Waals surface area contributed by atoms with Crippen LogP contribution in [0, 0.1) is 5.82 Å². The summed E-state index contributed by atoms with van der Waals surface area (Å²) in [5, 5.41) is 0. The molecule has 0 saturated heterocycles. The number of rotatable bonds is 3. The van der Waals surface area contributed by atoms with Crippen LogP contribution in [0.15, 0.2) is 47.4 Å². The Morgan fingerprint density at radius 3 is 2.90 bits per heavy atom. The lowest BCUT2D eigenvalue weighted by Gasteiger charge is -2.30. The van der Waals surface area contributed by atoms with E-state index in [0.717, 1.165) is 10.6 Å². The molecule has 1 heterocycles. The SMILES string of the molecule is COc1cccc(C(N)C2CSc3ccccc3O2)c1F. The number of fused-ring (bicyclic) bond motifs is 1. The van der Waals surface area contributed by atoms with Crippen LogP contribution in [0.5, 0.6) is 11.5 Å². The maximum absolute atomic E-state index is 14.3. The van der Waals surface area contributed by atoms with E-state index in [-0.39, 0.29) is 11.9 Å². The number of hydrogen-bond donors (Lipinski definition) is 1. The van der Waals surface area contributed by atoms with Gasteiger partial charge in [-0.2, -0.15) is 0 Å². The minimum atomic E-state index is -0.541. The van der Waals surface area contributed by atoms with Crippen LogP contribution in [-0.4, -0.2) is 19.0 Å². The monoisotopic (exact) mass is 305 g/mol. The van der Waals surface area contributed by atoms with E-state index >= 15 is 0 Å². The van der Waals surface area contributed by atoms with Crippen LogP contribution in [-0.2, 0) is 0 Å². The summed E-state index contributed by atoms with van der Waals surface area (Å²) in [6.07, 6.45) is -0.272. The van der Waals surface area contributed by atoms with E-state index < -0.39 is 11.9 Å². The Morgan fingerprint density at radius 1 is 1.29 bits per heavy atom. The predicted molar refractivity (Wildman–Crippen MR) is 81.5 cm³/mol. The molecule has 0 aromatic heterocycles. The van der Waals surface area contributed by atoms with Crippen molar-refractivity contribution in [2.24, 2.45) is 5.73 Å². The molecule has 0 aliphatic carbocycles. The number of hydrogen-bond acceptors (Lipinski definition) is 4. The number of benzene rings is 2. The Labute approximate surface area is 127 Å². The highest BCUT2D eigenvalue weighted by atomic mass is 32.2. The summed E-state index contributed by atoms with van der Waals surface area (Å²) >= 11 is 1.68. The van der Waals surface area contributed by atoms with Gasteiger partial charge in [0.1, 0.15) is 11.9 Å². The van der Waals surface area contributed by atoms with Crippen LogP contribution in [0.2, 0.25) is 0 Å². The third kappa shape index (κ3) is 2.71. The van der Waals surface area contributed by atoms with E-state index in [0.29, 0.717) is 11.3 Å². The Morgan fingerprint density at radius 2 is 2.10 bits per heavy atom. The van der Waals surface area contributed by atoms with Crippen molar-refractivity contribution in [3.63, 3.8) is 0 Å². The molecule has 0 bridgehead atoms. The van der Waals surface area contributed by atoms with Gasteiger partial charge >= 0.3 is 0 Å². The van der Waals surface area contributed by atoms with Gasteiger partial charge < -0.3 is 15.2 Å². The van der Waals surface area contributed by atoms with Gasteiger partial charge in [0, 0.05) is 16.2 Å². The highest BCUT2D eigenvalue weighted by Crippen LogP contribution is 2.38. The largest absolute Gasteiger partial charge is 0.494 e. The molecule has 3 nitrogen and oxygen atoms in total. The first-order chi connectivity index (χ1) is 10.2. The molecule has 2 N–H and O–H groups in total. The third-order valence-corrected chi connectivity index (χ3v) is 4.65. The van der Waals surface area contributed by atoms with Gasteiger partial charge in [-0.25, -0.2) is 4.39 Å². The van der Waals surface area contributed by atoms with Crippen LogP contribution < -0.4 is 15.2 Å². The fraction of sp³-hybridized carbons (Fsp3) is 0.250. The molecule has 0 spiro atoms. The van der Waals surface area contributed by atoms with Crippen molar-refractivity contribution in [3.8, 4) is 11.5 Å². The Bertz CT molecular complexity index is 650. The number of nitrogens with two attached hydrogens (primary N) is 1. The van der Waals surface area contributed by atoms with Gasteiger partial charge in [0.25, 0.3) is 0 Å². The van der Waals surface area contributed by atoms with Crippen molar-refractivity contribution in [2.45, 2.75) is 17.0 Å². The van der Waals surface area contributed by atoms with Crippen molar-refractivity contribution in [1.29, 1.82) is 0 Å². The second kappa shape index (κ2) is 5.95. The normalized spacial score (nSPS) is 18.5. The summed E-state index contributed by atoms with van der Waals surface area (Å²) in [7, 11) is 1.44. The quantitative estimate of drug-likeness (QED) is 0.944. The Balaban J connectivity index is 1.85. The van der Waals surface area contributed by atoms with E-state index in [9.17, 15) is 4.39 Å². The first-order valence-corrected chi connectivity index (χ1v) is 7.65. The van der Waals surface area contributed by atoms with Crippen LogP contribution in [0.3, 0.4) is 0 Å². The molecule has 0 fully saturated rings. The molecule has 2 unspecified atom stereocenters. The molecule has 3 rings (SSSR count). The molecule has 0 amide bonds. The second-order valence-corrected chi connectivity index (χ2v) is 5.87. The fourth-order valence-corrected chi connectivity index (χ4v) is 3.41. The summed E-state index contributed by atoms with van der Waals surface area (Å²) in [4.78, 5) is 1.09. The average molecular weight is 305 g/mol. The van der Waals surface area contributed by atoms with E-state index in [1.54, 1.807) is 30.0 Å². The van der Waals surface area contributed by atoms with E-state index in [1.807, 2.05) is 24.3 Å². The second-order valence-electron chi connectivity index (χ2n) is 4.80. The minimum Gasteiger partial charge on any atom is -0.494 e. The summed E-state index contributed by atoms with van der Waals surface area (Å²) < 4.78 is 25.2. The zero-order valence-corrected chi connectivity index (χ0v) is 12.4. The molecule has 5 heteroatoms. The van der Waals surface area contributed by atoms with Crippen molar-refractivity contribution in [1.82, 2.24) is 0 Å². The predicted octanol–water partition coefficient (Wildman–Crippen LogP) is 3.39. The van der Waals surface area contributed by atoms with Gasteiger partial charge in [-0.1, -0.05) is 24.3 Å². The maximum Gasteiger partial charge on any atom is 0.169 e. The molecule has 0 saturated carbocycles. The van der Waals surface area contributed by atoms with Crippen LogP contribution in [0.25, 0.3) is 0 Å². The van der Waals surface area contributed by atoms with Crippen LogP contribution in [0.4, 0.5) is 4.39 Å². The molecule has 21 heavy (non-hydrogen) atoms. The highest BCUT2D eigenvalue weighted by molar-refractivity contribution is 7.99. The third-order valence-electron chi connectivity index (χ3n) is 3.50. The van der Waals surface area contributed by atoms with Gasteiger partial charge in [0.05, 0.1) is 13.2 Å². The minimum absolute atomic E-state index is 0.201. The molecule has 2 aromatic rings. The van der Waals surface area contributed by atoms with Gasteiger partial charge in [0.2, 0.25) is 0 Å². The first kappa shape index (κ1) is 14.2. The highest BCUT2D eigenvalue weighted by Gasteiger charge is 2.29. The van der Waals surface area contributed by atoms with Crippen molar-refractivity contribution >= 4 is 11.8 Å². The van der Waals surface area contributed by atoms with Crippen molar-refractivity contribution < 1.29 is 13.9 Å². The van der Waals surface area contributed by atoms with E-state index in [1.165, 1.54) is 7.11 Å².